The molecule has 0 aromatic rings. The summed E-state index contributed by atoms with van der Waals surface area (Å²) in [4.78, 5) is 0. The maximum atomic E-state index is 12.0. The van der Waals surface area contributed by atoms with Crippen LogP contribution in [0.25, 0.3) is 0 Å². The zero-order valence-corrected chi connectivity index (χ0v) is 10.9. The second-order valence-electron chi connectivity index (χ2n) is 5.99. The van der Waals surface area contributed by atoms with Gasteiger partial charge in [-0.15, -0.1) is 0 Å². The van der Waals surface area contributed by atoms with Crippen LogP contribution in [-0.2, 0) is 0 Å². The molecule has 0 aromatic carbocycles. The molecule has 18 heavy (non-hydrogen) atoms. The third-order valence-corrected chi connectivity index (χ3v) is 4.32. The fraction of sp³-hybridized carbons (Fsp3) is 1.00. The summed E-state index contributed by atoms with van der Waals surface area (Å²) in [5.41, 5.74) is 0. The minimum Gasteiger partial charge on any atom is -0.314 e. The molecule has 2 atom stereocenters. The normalized spacial score (nSPS) is 29.5. The molecule has 0 amide bonds. The lowest BCUT2D eigenvalue weighted by molar-refractivity contribution is -0.135. The van der Waals surface area contributed by atoms with E-state index in [9.17, 15) is 13.2 Å². The van der Waals surface area contributed by atoms with Gasteiger partial charge in [0.1, 0.15) is 0 Å². The number of nitrogens with one attached hydrogen (secondary N) is 1. The molecule has 2 aliphatic carbocycles. The van der Waals surface area contributed by atoms with Crippen LogP contribution in [0.5, 0.6) is 0 Å². The van der Waals surface area contributed by atoms with Crippen LogP contribution in [0.2, 0.25) is 0 Å². The summed E-state index contributed by atoms with van der Waals surface area (Å²) >= 11 is 0. The van der Waals surface area contributed by atoms with Gasteiger partial charge in [0.05, 0.1) is 0 Å². The van der Waals surface area contributed by atoms with Crippen LogP contribution in [0.4, 0.5) is 13.2 Å². The van der Waals surface area contributed by atoms with E-state index in [0.29, 0.717) is 12.5 Å². The first-order valence-corrected chi connectivity index (χ1v) is 7.35. The molecular formula is C14H24F3N. The van der Waals surface area contributed by atoms with Gasteiger partial charge in [0.15, 0.2) is 0 Å². The lowest BCUT2D eigenvalue weighted by Gasteiger charge is -2.30. The lowest BCUT2D eigenvalue weighted by atomic mass is 9.82. The van der Waals surface area contributed by atoms with E-state index in [-0.39, 0.29) is 6.42 Å². The van der Waals surface area contributed by atoms with E-state index < -0.39 is 12.6 Å². The monoisotopic (exact) mass is 263 g/mol. The fourth-order valence-corrected chi connectivity index (χ4v) is 3.17. The molecule has 0 aliphatic heterocycles. The average molecular weight is 263 g/mol. The highest BCUT2D eigenvalue weighted by Gasteiger charge is 2.34. The van der Waals surface area contributed by atoms with E-state index in [4.69, 9.17) is 0 Å². The summed E-state index contributed by atoms with van der Waals surface area (Å²) in [6, 6.07) is 0.565. The molecule has 1 nitrogen and oxygen atoms in total. The van der Waals surface area contributed by atoms with E-state index >= 15 is 0 Å². The van der Waals surface area contributed by atoms with Crippen molar-refractivity contribution in [1.82, 2.24) is 5.32 Å². The Bertz CT molecular complexity index is 248. The zero-order chi connectivity index (χ0) is 13.0. The Hall–Kier alpha value is -0.250. The molecule has 0 aromatic heterocycles. The van der Waals surface area contributed by atoms with Gasteiger partial charge >= 0.3 is 6.18 Å². The van der Waals surface area contributed by atoms with Crippen molar-refractivity contribution in [2.45, 2.75) is 70.0 Å². The highest BCUT2D eigenvalue weighted by Crippen LogP contribution is 2.43. The van der Waals surface area contributed by atoms with Gasteiger partial charge in [-0.3, -0.25) is 0 Å². The topological polar surface area (TPSA) is 12.0 Å². The average Bonchev–Trinajstić information content (AvgIpc) is 3.11. The molecule has 2 aliphatic rings. The quantitative estimate of drug-likeness (QED) is 0.705. The van der Waals surface area contributed by atoms with Crippen molar-refractivity contribution in [1.29, 1.82) is 0 Å². The molecule has 0 spiro atoms. The molecule has 0 saturated heterocycles. The molecule has 0 heterocycles. The van der Waals surface area contributed by atoms with Gasteiger partial charge in [0.2, 0.25) is 0 Å². The van der Waals surface area contributed by atoms with Crippen molar-refractivity contribution in [3.8, 4) is 0 Å². The van der Waals surface area contributed by atoms with E-state index in [1.54, 1.807) is 0 Å². The van der Waals surface area contributed by atoms with Crippen LogP contribution in [0, 0.1) is 11.8 Å². The van der Waals surface area contributed by atoms with Crippen LogP contribution >= 0.6 is 0 Å². The molecule has 2 rings (SSSR count). The van der Waals surface area contributed by atoms with Crippen molar-refractivity contribution in [2.75, 3.05) is 6.54 Å². The van der Waals surface area contributed by atoms with E-state index in [2.05, 4.69) is 5.32 Å². The molecule has 4 heteroatoms. The van der Waals surface area contributed by atoms with Gasteiger partial charge in [-0.05, 0) is 56.9 Å². The predicted octanol–water partition coefficient (Wildman–Crippen LogP) is 4.28. The predicted molar refractivity (Wildman–Crippen MR) is 66.4 cm³/mol. The van der Waals surface area contributed by atoms with Crippen LogP contribution in [0.15, 0.2) is 0 Å². The van der Waals surface area contributed by atoms with Crippen molar-refractivity contribution < 1.29 is 13.2 Å². The minimum absolute atomic E-state index is 0.259. The number of hydrogen-bond donors (Lipinski definition) is 1. The summed E-state index contributed by atoms with van der Waals surface area (Å²) in [5, 5.41) is 3.45. The summed E-state index contributed by atoms with van der Waals surface area (Å²) < 4.78 is 35.9. The molecule has 2 fully saturated rings. The second-order valence-corrected chi connectivity index (χ2v) is 5.99. The van der Waals surface area contributed by atoms with E-state index in [1.807, 2.05) is 0 Å². The Balaban J connectivity index is 1.53. The number of halogens is 3. The zero-order valence-electron chi connectivity index (χ0n) is 10.9. The maximum absolute atomic E-state index is 12.0. The Labute approximate surface area is 108 Å². The first kappa shape index (κ1) is 14.2. The van der Waals surface area contributed by atoms with Gasteiger partial charge in [0.25, 0.3) is 0 Å². The Morgan fingerprint density at radius 1 is 0.944 bits per heavy atom. The summed E-state index contributed by atoms with van der Waals surface area (Å²) in [7, 11) is 0. The summed E-state index contributed by atoms with van der Waals surface area (Å²) in [6.07, 6.45) is 4.22. The number of hydrogen-bond acceptors (Lipinski definition) is 1. The largest absolute Gasteiger partial charge is 0.389 e. The van der Waals surface area contributed by atoms with Crippen LogP contribution < -0.4 is 5.32 Å². The molecule has 106 valence electrons. The van der Waals surface area contributed by atoms with Crippen molar-refractivity contribution in [3.05, 3.63) is 0 Å². The van der Waals surface area contributed by atoms with Crippen molar-refractivity contribution >= 4 is 0 Å². The lowest BCUT2D eigenvalue weighted by Crippen LogP contribution is -2.35. The molecule has 0 radical (unpaired) electrons. The Morgan fingerprint density at radius 3 is 2.39 bits per heavy atom. The first-order chi connectivity index (χ1) is 8.54. The van der Waals surface area contributed by atoms with Gasteiger partial charge < -0.3 is 5.32 Å². The molecule has 0 bridgehead atoms. The minimum atomic E-state index is -3.98. The third-order valence-electron chi connectivity index (χ3n) is 4.32. The number of alkyl halides is 3. The first-order valence-electron chi connectivity index (χ1n) is 7.35. The number of unbranched alkanes of at least 4 members (excludes halogenated alkanes) is 1. The fourth-order valence-electron chi connectivity index (χ4n) is 3.17. The highest BCUT2D eigenvalue weighted by atomic mass is 19.4. The Kier molecular flexibility index (Phi) is 4.93. The van der Waals surface area contributed by atoms with Crippen LogP contribution in [0.3, 0.4) is 0 Å². The summed E-state index contributed by atoms with van der Waals surface area (Å²) in [5.74, 6) is 1.87. The molecule has 2 saturated carbocycles. The molecule has 1 N–H and O–H groups in total. The molecular weight excluding hydrogens is 239 g/mol. The van der Waals surface area contributed by atoms with Gasteiger partial charge in [-0.2, -0.15) is 13.2 Å². The van der Waals surface area contributed by atoms with Crippen LogP contribution in [0.1, 0.15) is 57.8 Å². The van der Waals surface area contributed by atoms with Gasteiger partial charge in [-0.25, -0.2) is 0 Å². The van der Waals surface area contributed by atoms with Crippen LogP contribution in [-0.4, -0.2) is 18.8 Å². The van der Waals surface area contributed by atoms with E-state index in [1.165, 1.54) is 38.5 Å². The van der Waals surface area contributed by atoms with E-state index in [0.717, 1.165) is 18.4 Å². The van der Waals surface area contributed by atoms with Crippen molar-refractivity contribution in [2.24, 2.45) is 11.8 Å². The second kappa shape index (κ2) is 6.27. The molecule has 2 unspecified atom stereocenters. The SMILES string of the molecule is FC(F)(F)CCCCNC1CCCC(C2CC2)C1. The number of rotatable bonds is 6. The third kappa shape index (κ3) is 5.17. The van der Waals surface area contributed by atoms with Crippen molar-refractivity contribution in [3.63, 3.8) is 0 Å². The standard InChI is InChI=1S/C14H24F3N/c15-14(16,17)8-1-2-9-18-13-5-3-4-12(10-13)11-6-7-11/h11-13,18H,1-10H2. The van der Waals surface area contributed by atoms with Gasteiger partial charge in [0, 0.05) is 12.5 Å². The smallest absolute Gasteiger partial charge is 0.314 e. The summed E-state index contributed by atoms with van der Waals surface area (Å²) in [6.45, 7) is 0.748. The maximum Gasteiger partial charge on any atom is 0.389 e. The van der Waals surface area contributed by atoms with Gasteiger partial charge in [-0.1, -0.05) is 12.8 Å². The Morgan fingerprint density at radius 2 is 1.72 bits per heavy atom. The highest BCUT2D eigenvalue weighted by molar-refractivity contribution is 4.87.